The summed E-state index contributed by atoms with van der Waals surface area (Å²) in [5, 5.41) is 5.77. The second-order valence-corrected chi connectivity index (χ2v) is 5.18. The fourth-order valence-corrected chi connectivity index (χ4v) is 2.64. The molecule has 3 rings (SSSR count). The van der Waals surface area contributed by atoms with E-state index in [1.54, 1.807) is 0 Å². The summed E-state index contributed by atoms with van der Waals surface area (Å²) in [5.74, 6) is 0.610. The van der Waals surface area contributed by atoms with Crippen LogP contribution >= 0.6 is 24.0 Å². The first-order valence-corrected chi connectivity index (χ1v) is 7.29. The summed E-state index contributed by atoms with van der Waals surface area (Å²) in [7, 11) is 1.97. The minimum Gasteiger partial charge on any atom is -0.378 e. The van der Waals surface area contributed by atoms with Gasteiger partial charge in [0.15, 0.2) is 5.96 Å². The molecule has 2 heterocycles. The minimum atomic E-state index is 0. The number of aromatic nitrogens is 2. The lowest BCUT2D eigenvalue weighted by molar-refractivity contribution is 0.0674. The van der Waals surface area contributed by atoms with Crippen molar-refractivity contribution >= 4 is 40.8 Å². The fraction of sp³-hybridized carbons (Fsp3) is 0.467. The highest BCUT2D eigenvalue weighted by Crippen LogP contribution is 2.17. The van der Waals surface area contributed by atoms with Gasteiger partial charge in [0.05, 0.1) is 24.4 Å². The highest BCUT2D eigenvalue weighted by Gasteiger charge is 2.12. The Morgan fingerprint density at radius 2 is 2.05 bits per heavy atom. The second kappa shape index (κ2) is 7.77. The van der Waals surface area contributed by atoms with Crippen LogP contribution in [0.15, 0.2) is 29.3 Å². The van der Waals surface area contributed by atoms with Crippen LogP contribution in [0.4, 0.5) is 0 Å². The molecule has 0 radical (unpaired) electrons. The van der Waals surface area contributed by atoms with Gasteiger partial charge >= 0.3 is 0 Å². The quantitative estimate of drug-likeness (QED) is 0.467. The SMILES string of the molecule is Cn1nc(CCN=C(N)N2CCOCC2)c2ccccc21.I. The Hall–Kier alpha value is -1.35. The summed E-state index contributed by atoms with van der Waals surface area (Å²) in [4.78, 5) is 6.54. The molecule has 0 amide bonds. The van der Waals surface area contributed by atoms with E-state index in [-0.39, 0.29) is 24.0 Å². The van der Waals surface area contributed by atoms with Crippen molar-refractivity contribution in [2.24, 2.45) is 17.8 Å². The van der Waals surface area contributed by atoms with Gasteiger partial charge in [-0.1, -0.05) is 18.2 Å². The van der Waals surface area contributed by atoms with Gasteiger partial charge in [0.25, 0.3) is 0 Å². The normalized spacial score (nSPS) is 15.9. The number of morpholine rings is 1. The number of nitrogens with zero attached hydrogens (tertiary/aromatic N) is 4. The lowest BCUT2D eigenvalue weighted by Crippen LogP contribution is -2.44. The average molecular weight is 415 g/mol. The number of aryl methyl sites for hydroxylation is 1. The van der Waals surface area contributed by atoms with Gasteiger partial charge in [-0.2, -0.15) is 5.10 Å². The van der Waals surface area contributed by atoms with E-state index >= 15 is 0 Å². The number of ether oxygens (including phenoxy) is 1. The third-order valence-electron chi connectivity index (χ3n) is 3.79. The standard InChI is InChI=1S/C15H21N5O.HI/c1-19-14-5-3-2-4-12(14)13(18-19)6-7-17-15(16)20-8-10-21-11-9-20;/h2-5H,6-11H2,1H3,(H2,16,17);1H. The van der Waals surface area contributed by atoms with Gasteiger partial charge < -0.3 is 15.4 Å². The summed E-state index contributed by atoms with van der Waals surface area (Å²) >= 11 is 0. The van der Waals surface area contributed by atoms with Gasteiger partial charge in [-0.3, -0.25) is 9.67 Å². The van der Waals surface area contributed by atoms with Crippen molar-refractivity contribution < 1.29 is 4.74 Å². The summed E-state index contributed by atoms with van der Waals surface area (Å²) in [6, 6.07) is 8.26. The molecule has 1 aromatic carbocycles. The second-order valence-electron chi connectivity index (χ2n) is 5.18. The minimum absolute atomic E-state index is 0. The summed E-state index contributed by atoms with van der Waals surface area (Å²) in [5.41, 5.74) is 8.25. The molecule has 1 aromatic heterocycles. The van der Waals surface area contributed by atoms with E-state index in [0.717, 1.165) is 43.9 Å². The molecular formula is C15H22IN5O. The van der Waals surface area contributed by atoms with Crippen LogP contribution in [0, 0.1) is 0 Å². The highest BCUT2D eigenvalue weighted by molar-refractivity contribution is 14.0. The van der Waals surface area contributed by atoms with Crippen molar-refractivity contribution in [2.75, 3.05) is 32.8 Å². The maximum absolute atomic E-state index is 6.03. The molecule has 0 spiro atoms. The van der Waals surface area contributed by atoms with E-state index in [1.807, 2.05) is 23.9 Å². The molecule has 0 atom stereocenters. The predicted octanol–water partition coefficient (Wildman–Crippen LogP) is 1.38. The molecule has 1 aliphatic rings. The van der Waals surface area contributed by atoms with Crippen LogP contribution in [0.1, 0.15) is 5.69 Å². The van der Waals surface area contributed by atoms with E-state index in [9.17, 15) is 0 Å². The molecule has 2 N–H and O–H groups in total. The molecular weight excluding hydrogens is 393 g/mol. The topological polar surface area (TPSA) is 68.7 Å². The number of benzene rings is 1. The molecule has 1 fully saturated rings. The molecule has 1 saturated heterocycles. The number of aliphatic imine (C=N–C) groups is 1. The molecule has 0 bridgehead atoms. The summed E-state index contributed by atoms with van der Waals surface area (Å²) < 4.78 is 7.23. The lowest BCUT2D eigenvalue weighted by Gasteiger charge is -2.27. The summed E-state index contributed by atoms with van der Waals surface area (Å²) in [6.45, 7) is 3.75. The number of hydrogen-bond donors (Lipinski definition) is 1. The Balaban J connectivity index is 0.00000176. The maximum atomic E-state index is 6.03. The Kier molecular flexibility index (Phi) is 6.01. The Morgan fingerprint density at radius 1 is 1.32 bits per heavy atom. The highest BCUT2D eigenvalue weighted by atomic mass is 127. The third-order valence-corrected chi connectivity index (χ3v) is 3.79. The van der Waals surface area contributed by atoms with Crippen molar-refractivity contribution in [3.63, 3.8) is 0 Å². The van der Waals surface area contributed by atoms with Crippen molar-refractivity contribution in [1.82, 2.24) is 14.7 Å². The van der Waals surface area contributed by atoms with Crippen LogP contribution in [0.3, 0.4) is 0 Å². The molecule has 6 nitrogen and oxygen atoms in total. The lowest BCUT2D eigenvalue weighted by atomic mass is 10.2. The zero-order valence-corrected chi connectivity index (χ0v) is 15.1. The van der Waals surface area contributed by atoms with Crippen molar-refractivity contribution in [1.29, 1.82) is 0 Å². The average Bonchev–Trinajstić information content (AvgIpc) is 2.85. The number of rotatable bonds is 3. The van der Waals surface area contributed by atoms with Gasteiger partial charge in [0.1, 0.15) is 0 Å². The maximum Gasteiger partial charge on any atom is 0.191 e. The molecule has 120 valence electrons. The van der Waals surface area contributed by atoms with E-state index < -0.39 is 0 Å². The van der Waals surface area contributed by atoms with E-state index in [1.165, 1.54) is 5.39 Å². The number of halogens is 1. The number of guanidine groups is 1. The van der Waals surface area contributed by atoms with E-state index in [2.05, 4.69) is 27.1 Å². The van der Waals surface area contributed by atoms with Crippen LogP contribution < -0.4 is 5.73 Å². The predicted molar refractivity (Wildman–Crippen MR) is 98.7 cm³/mol. The van der Waals surface area contributed by atoms with Gasteiger partial charge in [0, 0.05) is 38.5 Å². The van der Waals surface area contributed by atoms with Crippen LogP contribution in [-0.4, -0.2) is 53.5 Å². The first-order valence-electron chi connectivity index (χ1n) is 7.29. The number of nitrogens with two attached hydrogens (primary N) is 1. The summed E-state index contributed by atoms with van der Waals surface area (Å²) in [6.07, 6.45) is 0.798. The van der Waals surface area contributed by atoms with Gasteiger partial charge in [0.2, 0.25) is 0 Å². The smallest absolute Gasteiger partial charge is 0.191 e. The fourth-order valence-electron chi connectivity index (χ4n) is 2.64. The monoisotopic (exact) mass is 415 g/mol. The first kappa shape index (κ1) is 17.0. The van der Waals surface area contributed by atoms with Gasteiger partial charge in [-0.25, -0.2) is 0 Å². The molecule has 7 heteroatoms. The van der Waals surface area contributed by atoms with E-state index in [4.69, 9.17) is 10.5 Å². The molecule has 0 aliphatic carbocycles. The molecule has 0 saturated carbocycles. The Labute approximate surface area is 147 Å². The van der Waals surface area contributed by atoms with Crippen LogP contribution in [0.2, 0.25) is 0 Å². The van der Waals surface area contributed by atoms with E-state index in [0.29, 0.717) is 12.5 Å². The molecule has 0 unspecified atom stereocenters. The first-order chi connectivity index (χ1) is 10.3. The van der Waals surface area contributed by atoms with Crippen LogP contribution in [0.25, 0.3) is 10.9 Å². The van der Waals surface area contributed by atoms with Crippen molar-refractivity contribution in [3.8, 4) is 0 Å². The Bertz CT molecular complexity index is 648. The number of para-hydroxylation sites is 1. The zero-order valence-electron chi connectivity index (χ0n) is 12.7. The van der Waals surface area contributed by atoms with Crippen molar-refractivity contribution in [3.05, 3.63) is 30.0 Å². The largest absolute Gasteiger partial charge is 0.378 e. The van der Waals surface area contributed by atoms with Gasteiger partial charge in [-0.05, 0) is 6.07 Å². The number of hydrogen-bond acceptors (Lipinski definition) is 3. The van der Waals surface area contributed by atoms with Crippen LogP contribution in [-0.2, 0) is 18.2 Å². The number of fused-ring (bicyclic) bond motifs is 1. The third kappa shape index (κ3) is 3.70. The zero-order chi connectivity index (χ0) is 14.7. The molecule has 1 aliphatic heterocycles. The Morgan fingerprint density at radius 3 is 2.82 bits per heavy atom. The molecule has 22 heavy (non-hydrogen) atoms. The molecule has 2 aromatic rings. The van der Waals surface area contributed by atoms with Crippen molar-refractivity contribution in [2.45, 2.75) is 6.42 Å². The van der Waals surface area contributed by atoms with Crippen LogP contribution in [0.5, 0.6) is 0 Å². The van der Waals surface area contributed by atoms with Gasteiger partial charge in [-0.15, -0.1) is 24.0 Å².